The number of benzene rings is 1. The Bertz CT molecular complexity index is 1010. The van der Waals surface area contributed by atoms with Gasteiger partial charge in [0, 0.05) is 29.5 Å². The van der Waals surface area contributed by atoms with Gasteiger partial charge in [-0.05, 0) is 54.7 Å². The molecular formula is C20H17F2N3O2. The number of fused-ring (bicyclic) bond motifs is 3. The van der Waals surface area contributed by atoms with Gasteiger partial charge >= 0.3 is 0 Å². The Labute approximate surface area is 154 Å². The summed E-state index contributed by atoms with van der Waals surface area (Å²) in [6.45, 7) is 0.935. The maximum Gasteiger partial charge on any atom is 0.224 e. The molecule has 5 rings (SSSR count). The van der Waals surface area contributed by atoms with E-state index in [1.165, 1.54) is 12.1 Å². The molecule has 2 aliphatic heterocycles. The van der Waals surface area contributed by atoms with Gasteiger partial charge in [0.05, 0.1) is 6.20 Å². The van der Waals surface area contributed by atoms with Crippen molar-refractivity contribution >= 4 is 0 Å². The van der Waals surface area contributed by atoms with Crippen molar-refractivity contribution in [3.05, 3.63) is 54.0 Å². The van der Waals surface area contributed by atoms with E-state index in [4.69, 9.17) is 9.47 Å². The Hall–Kier alpha value is -2.80. The highest BCUT2D eigenvalue weighted by molar-refractivity contribution is 5.77. The molecular weight excluding hydrogens is 352 g/mol. The SMILES string of the molecule is Fc1ccc2c(n1)OCc1cc(-c3cnn(C4CCCCO4)c3)c(F)cc1-2. The summed E-state index contributed by atoms with van der Waals surface area (Å²) in [5, 5.41) is 4.36. The molecule has 27 heavy (non-hydrogen) atoms. The van der Waals surface area contributed by atoms with Crippen LogP contribution in [0.2, 0.25) is 0 Å². The highest BCUT2D eigenvalue weighted by Crippen LogP contribution is 2.39. The summed E-state index contributed by atoms with van der Waals surface area (Å²) in [6.07, 6.45) is 6.43. The Kier molecular flexibility index (Phi) is 3.89. The topological polar surface area (TPSA) is 49.2 Å². The van der Waals surface area contributed by atoms with Crippen molar-refractivity contribution in [3.63, 3.8) is 0 Å². The van der Waals surface area contributed by atoms with Gasteiger partial charge in [-0.2, -0.15) is 14.5 Å². The lowest BCUT2D eigenvalue weighted by Gasteiger charge is -2.22. The second-order valence-corrected chi connectivity index (χ2v) is 6.79. The summed E-state index contributed by atoms with van der Waals surface area (Å²) in [7, 11) is 0. The molecule has 0 radical (unpaired) electrons. The van der Waals surface area contributed by atoms with E-state index in [0.29, 0.717) is 22.3 Å². The molecule has 0 saturated carbocycles. The van der Waals surface area contributed by atoms with E-state index < -0.39 is 5.95 Å². The standard InChI is InChI=1S/C20H17F2N3O2/c21-17-8-15-12(11-27-20-14(15)4-5-18(22)24-20)7-16(17)13-9-23-25(10-13)19-3-1-2-6-26-19/h4-5,7-10,19H,1-3,6,11H2. The fraction of sp³-hybridized carbons (Fsp3) is 0.300. The summed E-state index contributed by atoms with van der Waals surface area (Å²) in [5.41, 5.74) is 3.24. The fourth-order valence-corrected chi connectivity index (χ4v) is 3.66. The van der Waals surface area contributed by atoms with Crippen LogP contribution in [0.1, 0.15) is 31.1 Å². The number of nitrogens with zero attached hydrogens (tertiary/aromatic N) is 3. The average molecular weight is 369 g/mol. The van der Waals surface area contributed by atoms with E-state index in [1.54, 1.807) is 23.0 Å². The number of pyridine rings is 1. The van der Waals surface area contributed by atoms with Gasteiger partial charge in [0.2, 0.25) is 11.8 Å². The van der Waals surface area contributed by atoms with Gasteiger partial charge in [-0.3, -0.25) is 0 Å². The highest BCUT2D eigenvalue weighted by Gasteiger charge is 2.23. The van der Waals surface area contributed by atoms with E-state index in [2.05, 4.69) is 10.1 Å². The van der Waals surface area contributed by atoms with Crippen LogP contribution in [0.3, 0.4) is 0 Å². The zero-order valence-electron chi connectivity index (χ0n) is 14.5. The summed E-state index contributed by atoms with van der Waals surface area (Å²) in [4.78, 5) is 3.74. The second kappa shape index (κ2) is 6.42. The van der Waals surface area contributed by atoms with Crippen molar-refractivity contribution in [2.45, 2.75) is 32.1 Å². The predicted octanol–water partition coefficient (Wildman–Crippen LogP) is 4.48. The Morgan fingerprint density at radius 2 is 2.00 bits per heavy atom. The summed E-state index contributed by atoms with van der Waals surface area (Å²) < 4.78 is 41.2. The number of rotatable bonds is 2. The monoisotopic (exact) mass is 369 g/mol. The first-order valence-corrected chi connectivity index (χ1v) is 8.97. The molecule has 0 bridgehead atoms. The zero-order valence-corrected chi connectivity index (χ0v) is 14.5. The molecule has 1 unspecified atom stereocenters. The normalized spacial score (nSPS) is 18.5. The molecule has 0 amide bonds. The van der Waals surface area contributed by atoms with Crippen molar-refractivity contribution in [1.82, 2.24) is 14.8 Å². The predicted molar refractivity (Wildman–Crippen MR) is 94.0 cm³/mol. The maximum absolute atomic E-state index is 14.9. The van der Waals surface area contributed by atoms with E-state index in [1.807, 2.05) is 6.20 Å². The van der Waals surface area contributed by atoms with Crippen molar-refractivity contribution < 1.29 is 18.3 Å². The van der Waals surface area contributed by atoms with Gasteiger partial charge in [0.1, 0.15) is 18.7 Å². The molecule has 1 saturated heterocycles. The van der Waals surface area contributed by atoms with Gasteiger partial charge in [-0.25, -0.2) is 9.07 Å². The Balaban J connectivity index is 1.52. The van der Waals surface area contributed by atoms with E-state index >= 15 is 0 Å². The molecule has 3 aromatic rings. The largest absolute Gasteiger partial charge is 0.472 e. The third kappa shape index (κ3) is 2.88. The number of halogens is 2. The van der Waals surface area contributed by atoms with Crippen LogP contribution in [0.25, 0.3) is 22.3 Å². The van der Waals surface area contributed by atoms with Gasteiger partial charge in [0.15, 0.2) is 0 Å². The van der Waals surface area contributed by atoms with E-state index in [9.17, 15) is 8.78 Å². The minimum atomic E-state index is -0.619. The molecule has 5 nitrogen and oxygen atoms in total. The molecule has 0 aliphatic carbocycles. The van der Waals surface area contributed by atoms with Crippen molar-refractivity contribution in [1.29, 1.82) is 0 Å². The summed E-state index contributed by atoms with van der Waals surface area (Å²) in [6, 6.07) is 6.03. The highest BCUT2D eigenvalue weighted by atomic mass is 19.1. The number of hydrogen-bond acceptors (Lipinski definition) is 4. The van der Waals surface area contributed by atoms with Gasteiger partial charge in [0.25, 0.3) is 0 Å². The lowest BCUT2D eigenvalue weighted by atomic mass is 9.95. The molecule has 1 atom stereocenters. The smallest absolute Gasteiger partial charge is 0.224 e. The summed E-state index contributed by atoms with van der Waals surface area (Å²) in [5.74, 6) is -0.793. The maximum atomic E-state index is 14.9. The lowest BCUT2D eigenvalue weighted by molar-refractivity contribution is -0.0394. The number of hydrogen-bond donors (Lipinski definition) is 0. The number of ether oxygens (including phenoxy) is 2. The minimum absolute atomic E-state index is 0.0932. The zero-order chi connectivity index (χ0) is 18.4. The first kappa shape index (κ1) is 16.4. The molecule has 1 fully saturated rings. The van der Waals surface area contributed by atoms with E-state index in [0.717, 1.165) is 31.4 Å². The van der Waals surface area contributed by atoms with Crippen molar-refractivity contribution in [2.24, 2.45) is 0 Å². The molecule has 0 N–H and O–H groups in total. The minimum Gasteiger partial charge on any atom is -0.472 e. The summed E-state index contributed by atoms with van der Waals surface area (Å²) >= 11 is 0. The molecule has 2 aromatic heterocycles. The molecule has 2 aliphatic rings. The first-order valence-electron chi connectivity index (χ1n) is 8.97. The van der Waals surface area contributed by atoms with Crippen molar-refractivity contribution in [3.8, 4) is 28.1 Å². The third-order valence-electron chi connectivity index (χ3n) is 5.04. The Morgan fingerprint density at radius 3 is 2.85 bits per heavy atom. The fourth-order valence-electron chi connectivity index (χ4n) is 3.66. The van der Waals surface area contributed by atoms with Crippen LogP contribution >= 0.6 is 0 Å². The third-order valence-corrected chi connectivity index (χ3v) is 5.04. The van der Waals surface area contributed by atoms with Crippen LogP contribution in [-0.4, -0.2) is 21.4 Å². The molecule has 4 heterocycles. The quantitative estimate of drug-likeness (QED) is 0.625. The second-order valence-electron chi connectivity index (χ2n) is 6.79. The van der Waals surface area contributed by atoms with Crippen LogP contribution in [-0.2, 0) is 11.3 Å². The Morgan fingerprint density at radius 1 is 1.07 bits per heavy atom. The molecule has 138 valence electrons. The van der Waals surface area contributed by atoms with Crippen LogP contribution in [0.4, 0.5) is 8.78 Å². The van der Waals surface area contributed by atoms with Crippen molar-refractivity contribution in [2.75, 3.05) is 6.61 Å². The van der Waals surface area contributed by atoms with Gasteiger partial charge in [-0.15, -0.1) is 0 Å². The van der Waals surface area contributed by atoms with E-state index in [-0.39, 0.29) is 24.5 Å². The van der Waals surface area contributed by atoms with Gasteiger partial charge < -0.3 is 9.47 Å². The van der Waals surface area contributed by atoms with Crippen LogP contribution in [0.15, 0.2) is 36.7 Å². The molecule has 0 spiro atoms. The lowest BCUT2D eigenvalue weighted by Crippen LogP contribution is -2.18. The molecule has 7 heteroatoms. The van der Waals surface area contributed by atoms with Crippen LogP contribution < -0.4 is 4.74 Å². The van der Waals surface area contributed by atoms with Crippen LogP contribution in [0.5, 0.6) is 5.88 Å². The number of aromatic nitrogens is 3. The molecule has 1 aromatic carbocycles. The average Bonchev–Trinajstić information content (AvgIpc) is 3.18. The van der Waals surface area contributed by atoms with Crippen LogP contribution in [0, 0.1) is 11.8 Å². The first-order chi connectivity index (χ1) is 13.2. The van der Waals surface area contributed by atoms with Gasteiger partial charge in [-0.1, -0.05) is 0 Å².